The molecule has 0 aliphatic carbocycles. The smallest absolute Gasteiger partial charge is 0.322 e. The second-order valence-electron chi connectivity index (χ2n) is 4.69. The molecular formula is C13H13N5O3. The van der Waals surface area contributed by atoms with Crippen LogP contribution in [0.4, 0.5) is 16.2 Å². The summed E-state index contributed by atoms with van der Waals surface area (Å²) in [5, 5.41) is 13.3. The molecular weight excluding hydrogens is 274 g/mol. The van der Waals surface area contributed by atoms with Crippen LogP contribution in [-0.2, 0) is 13.1 Å². The Morgan fingerprint density at radius 2 is 2.05 bits per heavy atom. The molecule has 0 unspecified atom stereocenters. The highest BCUT2D eigenvalue weighted by molar-refractivity contribution is 5.89. The zero-order valence-corrected chi connectivity index (χ0v) is 11.1. The van der Waals surface area contributed by atoms with E-state index in [2.05, 4.69) is 10.3 Å². The SMILES string of the molecule is O=C(Nc1ccc([N+](=O)[O-])cc1)N1CCn2ccnc2C1. The number of aromatic nitrogens is 2. The van der Waals surface area contributed by atoms with Crippen LogP contribution in [0.1, 0.15) is 5.82 Å². The Bertz CT molecular complexity index is 679. The summed E-state index contributed by atoms with van der Waals surface area (Å²) in [7, 11) is 0. The number of carbonyl (C=O) groups excluding carboxylic acids is 1. The molecule has 1 aliphatic rings. The molecule has 1 N–H and O–H groups in total. The van der Waals surface area contributed by atoms with Crippen LogP contribution in [0.2, 0.25) is 0 Å². The monoisotopic (exact) mass is 287 g/mol. The van der Waals surface area contributed by atoms with Crippen molar-refractivity contribution in [2.24, 2.45) is 0 Å². The fraction of sp³-hybridized carbons (Fsp3) is 0.231. The topological polar surface area (TPSA) is 93.3 Å². The molecule has 1 aliphatic heterocycles. The first-order valence-electron chi connectivity index (χ1n) is 6.44. The Balaban J connectivity index is 1.65. The van der Waals surface area contributed by atoms with Gasteiger partial charge in [0, 0.05) is 43.3 Å². The van der Waals surface area contributed by atoms with E-state index < -0.39 is 4.92 Å². The van der Waals surface area contributed by atoms with Crippen LogP contribution in [0, 0.1) is 10.1 Å². The van der Waals surface area contributed by atoms with Gasteiger partial charge in [0.2, 0.25) is 0 Å². The van der Waals surface area contributed by atoms with Gasteiger partial charge in [-0.2, -0.15) is 0 Å². The van der Waals surface area contributed by atoms with Crippen molar-refractivity contribution in [2.75, 3.05) is 11.9 Å². The van der Waals surface area contributed by atoms with Crippen LogP contribution in [0.25, 0.3) is 0 Å². The average molecular weight is 287 g/mol. The maximum Gasteiger partial charge on any atom is 0.322 e. The van der Waals surface area contributed by atoms with Gasteiger partial charge in [-0.25, -0.2) is 9.78 Å². The predicted octanol–water partition coefficient (Wildman–Crippen LogP) is 1.84. The van der Waals surface area contributed by atoms with Gasteiger partial charge in [0.05, 0.1) is 11.5 Å². The van der Waals surface area contributed by atoms with E-state index in [1.165, 1.54) is 24.3 Å². The van der Waals surface area contributed by atoms with Crippen molar-refractivity contribution >= 4 is 17.4 Å². The number of imidazole rings is 1. The van der Waals surface area contributed by atoms with Gasteiger partial charge in [-0.1, -0.05) is 0 Å². The van der Waals surface area contributed by atoms with Gasteiger partial charge < -0.3 is 14.8 Å². The lowest BCUT2D eigenvalue weighted by molar-refractivity contribution is -0.384. The van der Waals surface area contributed by atoms with Gasteiger partial charge >= 0.3 is 6.03 Å². The zero-order chi connectivity index (χ0) is 14.8. The number of rotatable bonds is 2. The van der Waals surface area contributed by atoms with Crippen LogP contribution in [0.5, 0.6) is 0 Å². The van der Waals surface area contributed by atoms with Crippen LogP contribution in [0.3, 0.4) is 0 Å². The van der Waals surface area contributed by atoms with Crippen molar-refractivity contribution in [3.8, 4) is 0 Å². The number of urea groups is 1. The van der Waals surface area contributed by atoms with E-state index in [4.69, 9.17) is 0 Å². The quantitative estimate of drug-likeness (QED) is 0.673. The third kappa shape index (κ3) is 2.69. The number of nitro benzene ring substituents is 1. The number of nitro groups is 1. The molecule has 2 aromatic rings. The summed E-state index contributed by atoms with van der Waals surface area (Å²) in [6.07, 6.45) is 3.61. The lowest BCUT2D eigenvalue weighted by Gasteiger charge is -2.27. The highest BCUT2D eigenvalue weighted by Crippen LogP contribution is 2.17. The minimum Gasteiger partial charge on any atom is -0.332 e. The van der Waals surface area contributed by atoms with E-state index in [0.29, 0.717) is 25.3 Å². The van der Waals surface area contributed by atoms with Crippen LogP contribution >= 0.6 is 0 Å². The molecule has 1 aromatic carbocycles. The molecule has 2 heterocycles. The number of amides is 2. The second-order valence-corrected chi connectivity index (χ2v) is 4.69. The Hall–Kier alpha value is -2.90. The van der Waals surface area contributed by atoms with E-state index in [1.54, 1.807) is 11.1 Å². The van der Waals surface area contributed by atoms with Gasteiger partial charge in [-0.15, -0.1) is 0 Å². The predicted molar refractivity (Wildman–Crippen MR) is 74.8 cm³/mol. The number of nitrogens with zero attached hydrogens (tertiary/aromatic N) is 4. The third-order valence-electron chi connectivity index (χ3n) is 3.36. The summed E-state index contributed by atoms with van der Waals surface area (Å²) in [4.78, 5) is 28.1. The molecule has 1 aromatic heterocycles. The van der Waals surface area contributed by atoms with Crippen molar-refractivity contribution < 1.29 is 9.72 Å². The standard InChI is InChI=1S/C13H13N5O3/c19-13(15-10-1-3-11(4-2-10)18(20)21)17-8-7-16-6-5-14-12(16)9-17/h1-6H,7-9H2,(H,15,19). The lowest BCUT2D eigenvalue weighted by Crippen LogP contribution is -2.40. The summed E-state index contributed by atoms with van der Waals surface area (Å²) < 4.78 is 2.01. The Morgan fingerprint density at radius 3 is 2.76 bits per heavy atom. The average Bonchev–Trinajstić information content (AvgIpc) is 2.95. The number of fused-ring (bicyclic) bond motifs is 1. The van der Waals surface area contributed by atoms with Crippen molar-refractivity contribution in [1.82, 2.24) is 14.5 Å². The summed E-state index contributed by atoms with van der Waals surface area (Å²) >= 11 is 0. The molecule has 0 saturated carbocycles. The number of hydrogen-bond donors (Lipinski definition) is 1. The molecule has 8 nitrogen and oxygen atoms in total. The molecule has 2 amide bonds. The second kappa shape index (κ2) is 5.23. The highest BCUT2D eigenvalue weighted by atomic mass is 16.6. The van der Waals surface area contributed by atoms with Crippen LogP contribution < -0.4 is 5.32 Å². The highest BCUT2D eigenvalue weighted by Gasteiger charge is 2.21. The fourth-order valence-corrected chi connectivity index (χ4v) is 2.22. The van der Waals surface area contributed by atoms with Gasteiger partial charge in [0.1, 0.15) is 5.82 Å². The van der Waals surface area contributed by atoms with Crippen molar-refractivity contribution in [3.05, 3.63) is 52.6 Å². The number of anilines is 1. The first-order chi connectivity index (χ1) is 10.1. The maximum absolute atomic E-state index is 12.2. The molecule has 0 bridgehead atoms. The maximum atomic E-state index is 12.2. The van der Waals surface area contributed by atoms with Crippen molar-refractivity contribution in [1.29, 1.82) is 0 Å². The number of benzene rings is 1. The first kappa shape index (κ1) is 13.1. The number of non-ortho nitro benzene ring substituents is 1. The zero-order valence-electron chi connectivity index (χ0n) is 11.1. The van der Waals surface area contributed by atoms with Crippen molar-refractivity contribution in [3.63, 3.8) is 0 Å². The van der Waals surface area contributed by atoms with E-state index in [-0.39, 0.29) is 11.7 Å². The summed E-state index contributed by atoms with van der Waals surface area (Å²) in [6.45, 7) is 1.76. The number of nitrogens with one attached hydrogen (secondary N) is 1. The van der Waals surface area contributed by atoms with Crippen molar-refractivity contribution in [2.45, 2.75) is 13.1 Å². The molecule has 108 valence electrons. The number of hydrogen-bond acceptors (Lipinski definition) is 4. The minimum absolute atomic E-state index is 0.00648. The molecule has 3 rings (SSSR count). The third-order valence-corrected chi connectivity index (χ3v) is 3.36. The fourth-order valence-electron chi connectivity index (χ4n) is 2.22. The Morgan fingerprint density at radius 1 is 1.29 bits per heavy atom. The largest absolute Gasteiger partial charge is 0.332 e. The summed E-state index contributed by atoms with van der Waals surface area (Å²) in [5.41, 5.74) is 0.521. The van der Waals surface area contributed by atoms with Gasteiger partial charge in [-0.05, 0) is 12.1 Å². The molecule has 8 heteroatoms. The normalized spacial score (nSPS) is 13.6. The Labute approximate surface area is 120 Å². The molecule has 21 heavy (non-hydrogen) atoms. The van der Waals surface area contributed by atoms with Gasteiger partial charge in [0.25, 0.3) is 5.69 Å². The molecule has 0 spiro atoms. The van der Waals surface area contributed by atoms with E-state index in [9.17, 15) is 14.9 Å². The van der Waals surface area contributed by atoms with Gasteiger partial charge in [-0.3, -0.25) is 10.1 Å². The lowest BCUT2D eigenvalue weighted by atomic mass is 10.3. The molecule has 0 fully saturated rings. The van der Waals surface area contributed by atoms with E-state index in [0.717, 1.165) is 5.82 Å². The molecule has 0 saturated heterocycles. The van der Waals surface area contributed by atoms with Crippen LogP contribution in [0.15, 0.2) is 36.7 Å². The summed E-state index contributed by atoms with van der Waals surface area (Å²) in [5.74, 6) is 0.847. The van der Waals surface area contributed by atoms with Gasteiger partial charge in [0.15, 0.2) is 0 Å². The molecule has 0 atom stereocenters. The minimum atomic E-state index is -0.476. The van der Waals surface area contributed by atoms with E-state index in [1.807, 2.05) is 10.8 Å². The van der Waals surface area contributed by atoms with E-state index >= 15 is 0 Å². The summed E-state index contributed by atoms with van der Waals surface area (Å²) in [6, 6.07) is 5.51. The molecule has 0 radical (unpaired) electrons. The number of carbonyl (C=O) groups is 1. The van der Waals surface area contributed by atoms with Crippen LogP contribution in [-0.4, -0.2) is 32.0 Å². The first-order valence-corrected chi connectivity index (χ1v) is 6.44. The Kier molecular flexibility index (Phi) is 3.27.